The van der Waals surface area contributed by atoms with Crippen LogP contribution in [0.15, 0.2) is 24.4 Å². The molecule has 1 aliphatic carbocycles. The number of methoxy groups -OCH3 is 1. The number of aryl methyl sites for hydroxylation is 2. The van der Waals surface area contributed by atoms with Crippen LogP contribution in [0.1, 0.15) is 96.6 Å². The maximum atomic E-state index is 12.2. The van der Waals surface area contributed by atoms with Crippen molar-refractivity contribution in [1.29, 1.82) is 0 Å². The van der Waals surface area contributed by atoms with Gasteiger partial charge in [-0.1, -0.05) is 57.1 Å². The number of ether oxygens (including phenoxy) is 1. The van der Waals surface area contributed by atoms with Gasteiger partial charge in [-0.25, -0.2) is 4.98 Å². The SMILES string of the molecule is COc1c(Nc2nc(NCc3c(C)nn(C)c3C)ncc2C(N)=O)cccc1C1CCCCCCCCC1. The van der Waals surface area contributed by atoms with E-state index in [9.17, 15) is 4.79 Å². The number of nitrogens with zero attached hydrogens (tertiary/aromatic N) is 4. The number of primary amides is 1. The quantitative estimate of drug-likeness (QED) is 0.339. The monoisotopic (exact) mass is 519 g/mol. The van der Waals surface area contributed by atoms with E-state index in [0.717, 1.165) is 41.2 Å². The van der Waals surface area contributed by atoms with Gasteiger partial charge in [0.05, 0.1) is 18.5 Å². The highest BCUT2D eigenvalue weighted by Crippen LogP contribution is 2.40. The van der Waals surface area contributed by atoms with Crippen LogP contribution < -0.4 is 21.1 Å². The summed E-state index contributed by atoms with van der Waals surface area (Å²) in [5.41, 5.74) is 11.0. The molecule has 2 heterocycles. The Hall–Kier alpha value is -3.62. The molecule has 204 valence electrons. The molecule has 1 aliphatic rings. The predicted octanol–water partition coefficient (Wildman–Crippen LogP) is 5.90. The Kier molecular flexibility index (Phi) is 9.20. The molecule has 1 amide bonds. The van der Waals surface area contributed by atoms with Gasteiger partial charge in [0.2, 0.25) is 5.95 Å². The van der Waals surface area contributed by atoms with Gasteiger partial charge in [0.1, 0.15) is 17.1 Å². The number of benzene rings is 1. The molecule has 4 rings (SSSR count). The van der Waals surface area contributed by atoms with Crippen molar-refractivity contribution in [3.05, 3.63) is 52.5 Å². The van der Waals surface area contributed by atoms with Crippen molar-refractivity contribution in [3.63, 3.8) is 0 Å². The average Bonchev–Trinajstić information content (AvgIpc) is 3.15. The minimum atomic E-state index is -0.597. The van der Waals surface area contributed by atoms with E-state index >= 15 is 0 Å². The molecule has 0 spiro atoms. The highest BCUT2D eigenvalue weighted by atomic mass is 16.5. The van der Waals surface area contributed by atoms with Gasteiger partial charge in [-0.3, -0.25) is 9.48 Å². The first-order valence-electron chi connectivity index (χ1n) is 13.7. The van der Waals surface area contributed by atoms with Crippen LogP contribution in [0, 0.1) is 13.8 Å². The fraction of sp³-hybridized carbons (Fsp3) is 0.517. The van der Waals surface area contributed by atoms with E-state index in [4.69, 9.17) is 10.5 Å². The summed E-state index contributed by atoms with van der Waals surface area (Å²) >= 11 is 0. The van der Waals surface area contributed by atoms with Gasteiger partial charge >= 0.3 is 0 Å². The summed E-state index contributed by atoms with van der Waals surface area (Å²) in [6, 6.07) is 6.16. The van der Waals surface area contributed by atoms with Crippen LogP contribution >= 0.6 is 0 Å². The number of carbonyl (C=O) groups is 1. The maximum Gasteiger partial charge on any atom is 0.254 e. The third-order valence-corrected chi connectivity index (χ3v) is 7.68. The summed E-state index contributed by atoms with van der Waals surface area (Å²) in [6.45, 7) is 4.52. The molecular formula is C29H41N7O2. The standard InChI is InChI=1S/C29H41N7O2/c1-19-23(20(2)36(3)35-19)17-31-29-32-18-24(27(30)37)28(34-29)33-25-16-12-15-22(26(25)38-4)21-13-10-8-6-5-7-9-11-14-21/h12,15-16,18,21H,5-11,13-14,17H2,1-4H3,(H2,30,37)(H2,31,32,33,34). The van der Waals surface area contributed by atoms with E-state index in [0.29, 0.717) is 24.2 Å². The Balaban J connectivity index is 1.60. The Labute approximate surface area is 225 Å². The number of hydrogen-bond acceptors (Lipinski definition) is 7. The zero-order valence-corrected chi connectivity index (χ0v) is 23.1. The number of aromatic nitrogens is 4. The number of carbonyl (C=O) groups excluding carboxylic acids is 1. The zero-order chi connectivity index (χ0) is 27.1. The van der Waals surface area contributed by atoms with Crippen LogP contribution in [0.4, 0.5) is 17.5 Å². The van der Waals surface area contributed by atoms with Crippen LogP contribution in [0.2, 0.25) is 0 Å². The van der Waals surface area contributed by atoms with Crippen molar-refractivity contribution < 1.29 is 9.53 Å². The lowest BCUT2D eigenvalue weighted by atomic mass is 9.86. The van der Waals surface area contributed by atoms with Gasteiger partial charge in [0.15, 0.2) is 0 Å². The predicted molar refractivity (Wildman–Crippen MR) is 151 cm³/mol. The molecule has 0 aliphatic heterocycles. The Morgan fingerprint density at radius 3 is 2.39 bits per heavy atom. The fourth-order valence-electron chi connectivity index (χ4n) is 5.43. The summed E-state index contributed by atoms with van der Waals surface area (Å²) in [4.78, 5) is 21.2. The molecule has 1 fully saturated rings. The summed E-state index contributed by atoms with van der Waals surface area (Å²) in [7, 11) is 3.62. The van der Waals surface area contributed by atoms with Crippen LogP contribution in [-0.2, 0) is 13.6 Å². The molecule has 9 nitrogen and oxygen atoms in total. The lowest BCUT2D eigenvalue weighted by Gasteiger charge is -2.23. The van der Waals surface area contributed by atoms with Gasteiger partial charge in [-0.2, -0.15) is 10.1 Å². The summed E-state index contributed by atoms with van der Waals surface area (Å²) < 4.78 is 7.80. The summed E-state index contributed by atoms with van der Waals surface area (Å²) in [5, 5.41) is 11.1. The van der Waals surface area contributed by atoms with Crippen LogP contribution in [0.5, 0.6) is 5.75 Å². The third kappa shape index (κ3) is 6.44. The molecule has 1 aromatic carbocycles. The normalized spacial score (nSPS) is 15.2. The molecule has 9 heteroatoms. The molecular weight excluding hydrogens is 478 g/mol. The van der Waals surface area contributed by atoms with Crippen LogP contribution in [-0.4, -0.2) is 32.8 Å². The molecule has 38 heavy (non-hydrogen) atoms. The maximum absolute atomic E-state index is 12.2. The smallest absolute Gasteiger partial charge is 0.254 e. The van der Waals surface area contributed by atoms with Crippen LogP contribution in [0.3, 0.4) is 0 Å². The number of anilines is 3. The van der Waals surface area contributed by atoms with Crippen LogP contribution in [0.25, 0.3) is 0 Å². The molecule has 0 atom stereocenters. The molecule has 0 unspecified atom stereocenters. The Bertz CT molecular complexity index is 1240. The van der Waals surface area contributed by atoms with Gasteiger partial charge in [-0.15, -0.1) is 0 Å². The molecule has 0 radical (unpaired) electrons. The number of rotatable bonds is 8. The highest BCUT2D eigenvalue weighted by molar-refractivity contribution is 5.98. The van der Waals surface area contributed by atoms with Crippen molar-refractivity contribution in [3.8, 4) is 5.75 Å². The number of nitrogens with two attached hydrogens (primary N) is 1. The molecule has 0 bridgehead atoms. The summed E-state index contributed by atoms with van der Waals surface area (Å²) in [6.07, 6.45) is 12.8. The second kappa shape index (κ2) is 12.8. The van der Waals surface area contributed by atoms with E-state index < -0.39 is 5.91 Å². The molecule has 0 saturated heterocycles. The number of amides is 1. The largest absolute Gasteiger partial charge is 0.494 e. The van der Waals surface area contributed by atoms with E-state index in [1.807, 2.05) is 37.7 Å². The van der Waals surface area contributed by atoms with E-state index in [1.165, 1.54) is 56.7 Å². The lowest BCUT2D eigenvalue weighted by molar-refractivity contribution is 0.100. The first-order valence-corrected chi connectivity index (χ1v) is 13.7. The van der Waals surface area contributed by atoms with Crippen molar-refractivity contribution >= 4 is 23.4 Å². The van der Waals surface area contributed by atoms with Gasteiger partial charge in [0, 0.05) is 31.0 Å². The Morgan fingerprint density at radius 1 is 1.11 bits per heavy atom. The summed E-state index contributed by atoms with van der Waals surface area (Å²) in [5.74, 6) is 1.37. The number of hydrogen-bond donors (Lipinski definition) is 3. The molecule has 1 saturated carbocycles. The van der Waals surface area contributed by atoms with Gasteiger partial charge in [0.25, 0.3) is 5.91 Å². The second-order valence-corrected chi connectivity index (χ2v) is 10.2. The average molecular weight is 520 g/mol. The number of para-hydroxylation sites is 1. The van der Waals surface area contributed by atoms with E-state index in [-0.39, 0.29) is 5.56 Å². The first-order chi connectivity index (χ1) is 18.4. The molecule has 3 aromatic rings. The van der Waals surface area contributed by atoms with E-state index in [1.54, 1.807) is 7.11 Å². The molecule has 4 N–H and O–H groups in total. The fourth-order valence-corrected chi connectivity index (χ4v) is 5.43. The zero-order valence-electron chi connectivity index (χ0n) is 23.1. The van der Waals surface area contributed by atoms with Crippen molar-refractivity contribution in [2.75, 3.05) is 17.7 Å². The first kappa shape index (κ1) is 27.4. The lowest BCUT2D eigenvalue weighted by Crippen LogP contribution is -2.16. The van der Waals surface area contributed by atoms with Gasteiger partial charge in [-0.05, 0) is 44.2 Å². The second-order valence-electron chi connectivity index (χ2n) is 10.2. The van der Waals surface area contributed by atoms with Crippen molar-refractivity contribution in [2.24, 2.45) is 12.8 Å². The topological polar surface area (TPSA) is 120 Å². The number of nitrogens with one attached hydrogen (secondary N) is 2. The third-order valence-electron chi connectivity index (χ3n) is 7.68. The van der Waals surface area contributed by atoms with Crippen molar-refractivity contribution in [2.45, 2.75) is 84.1 Å². The minimum Gasteiger partial charge on any atom is -0.494 e. The minimum absolute atomic E-state index is 0.218. The van der Waals surface area contributed by atoms with Crippen molar-refractivity contribution in [1.82, 2.24) is 19.7 Å². The highest BCUT2D eigenvalue weighted by Gasteiger charge is 2.21. The Morgan fingerprint density at radius 2 is 1.79 bits per heavy atom. The van der Waals surface area contributed by atoms with Gasteiger partial charge < -0.3 is 21.1 Å². The molecule has 2 aromatic heterocycles. The van der Waals surface area contributed by atoms with E-state index in [2.05, 4.69) is 31.8 Å².